The van der Waals surface area contributed by atoms with Crippen LogP contribution in [0.5, 0.6) is 0 Å². The molecule has 4 saturated heterocycles. The number of anilines is 1. The summed E-state index contributed by atoms with van der Waals surface area (Å²) in [5, 5.41) is 2.87. The molecule has 0 aromatic heterocycles. The Morgan fingerprint density at radius 2 is 1.92 bits per heavy atom. The first-order valence-electron chi connectivity index (χ1n) is 12.7. The van der Waals surface area contributed by atoms with Crippen molar-refractivity contribution >= 4 is 17.6 Å². The van der Waals surface area contributed by atoms with Crippen LogP contribution in [0.15, 0.2) is 18.2 Å². The van der Waals surface area contributed by atoms with E-state index in [4.69, 9.17) is 28.4 Å². The zero-order chi connectivity index (χ0) is 26.5. The van der Waals surface area contributed by atoms with Gasteiger partial charge in [0.1, 0.15) is 29.5 Å². The van der Waals surface area contributed by atoms with Crippen LogP contribution in [0.25, 0.3) is 0 Å². The molecular weight excluding hydrogens is 487 g/mol. The number of fused-ring (bicyclic) bond motifs is 4. The smallest absolute Gasteiger partial charge is 0.312 e. The third-order valence-corrected chi connectivity index (χ3v) is 8.34. The quantitative estimate of drug-likeness (QED) is 0.600. The maximum absolute atomic E-state index is 14.6. The number of likely N-dealkylation sites (tertiary alicyclic amines) is 1. The Bertz CT molecular complexity index is 1160. The molecule has 4 fully saturated rings. The minimum absolute atomic E-state index is 0.0986. The summed E-state index contributed by atoms with van der Waals surface area (Å²) in [5.74, 6) is -4.53. The number of amides is 1. The topological polar surface area (TPSA) is 105 Å². The fraction of sp³-hybridized carbons (Fsp3) is 0.692. The fourth-order valence-corrected chi connectivity index (χ4v) is 7.23. The summed E-state index contributed by atoms with van der Waals surface area (Å²) in [4.78, 5) is 29.8. The van der Waals surface area contributed by atoms with Crippen LogP contribution >= 0.6 is 0 Å². The normalized spacial score (nSPS) is 41.4. The third-order valence-electron chi connectivity index (χ3n) is 8.34. The van der Waals surface area contributed by atoms with Crippen molar-refractivity contribution in [3.63, 3.8) is 0 Å². The second-order valence-corrected chi connectivity index (χ2v) is 11.4. The highest BCUT2D eigenvalue weighted by Crippen LogP contribution is 2.65. The SMILES string of the molecule is CCOC(=O)[C@H]1[C@@]2(CN(C)[C@@]13C(=O)Nc1ccc(F)cc13)[C@@H]([C@@H]1COC(C)(C)O1)O[C@@H]1OC(C)(C)O[C@@H]12. The summed E-state index contributed by atoms with van der Waals surface area (Å²) in [6.45, 7) is 9.38. The van der Waals surface area contributed by atoms with Crippen LogP contribution in [-0.2, 0) is 43.5 Å². The van der Waals surface area contributed by atoms with Gasteiger partial charge in [-0.15, -0.1) is 0 Å². The van der Waals surface area contributed by atoms with Crippen molar-refractivity contribution in [1.29, 1.82) is 0 Å². The second-order valence-electron chi connectivity index (χ2n) is 11.4. The first-order chi connectivity index (χ1) is 17.4. The molecule has 5 heterocycles. The summed E-state index contributed by atoms with van der Waals surface area (Å²) >= 11 is 0. The van der Waals surface area contributed by atoms with Gasteiger partial charge in [0.15, 0.2) is 17.9 Å². The Morgan fingerprint density at radius 3 is 2.59 bits per heavy atom. The highest BCUT2D eigenvalue weighted by molar-refractivity contribution is 6.09. The number of hydrogen-bond acceptors (Lipinski definition) is 9. The van der Waals surface area contributed by atoms with Gasteiger partial charge in [0.25, 0.3) is 5.91 Å². The van der Waals surface area contributed by atoms with Crippen LogP contribution in [0.1, 0.15) is 40.2 Å². The standard InChI is InChI=1S/C26H33FN2O8/c1-7-32-20(30)17-25(12-29(6)26(17)14-10-13(27)8-9-15(14)28-22(26)31)18(16-11-33-23(2,3)35-16)34-21-19(25)36-24(4,5)37-21/h8-10,16-19,21H,7,11-12H2,1-6H3,(H,28,31)/t16-,17-,18+,19-,21+,25-,26+/m0/s1. The number of ether oxygens (including phenoxy) is 6. The maximum Gasteiger partial charge on any atom is 0.312 e. The zero-order valence-electron chi connectivity index (χ0n) is 21.8. The Labute approximate surface area is 214 Å². The first kappa shape index (κ1) is 25.1. The molecule has 37 heavy (non-hydrogen) atoms. The van der Waals surface area contributed by atoms with Crippen molar-refractivity contribution in [3.8, 4) is 0 Å². The molecule has 0 saturated carbocycles. The molecular formula is C26H33FN2O8. The van der Waals surface area contributed by atoms with E-state index in [9.17, 15) is 14.0 Å². The number of benzene rings is 1. The first-order valence-corrected chi connectivity index (χ1v) is 12.7. The number of nitrogens with zero attached hydrogens (tertiary/aromatic N) is 1. The summed E-state index contributed by atoms with van der Waals surface area (Å²) < 4.78 is 51.4. The number of likely N-dealkylation sites (N-methyl/N-ethyl adjacent to an activating group) is 1. The molecule has 6 rings (SSSR count). The van der Waals surface area contributed by atoms with E-state index >= 15 is 0 Å². The van der Waals surface area contributed by atoms with Crippen molar-refractivity contribution in [2.24, 2.45) is 11.3 Å². The lowest BCUT2D eigenvalue weighted by molar-refractivity contribution is -0.241. The molecule has 202 valence electrons. The minimum Gasteiger partial charge on any atom is -0.466 e. The van der Waals surface area contributed by atoms with E-state index in [2.05, 4.69) is 5.32 Å². The van der Waals surface area contributed by atoms with Crippen molar-refractivity contribution in [2.45, 2.75) is 76.3 Å². The van der Waals surface area contributed by atoms with Gasteiger partial charge in [-0.05, 0) is 59.9 Å². The lowest BCUT2D eigenvalue weighted by atomic mass is 9.62. The Balaban J connectivity index is 1.58. The average molecular weight is 521 g/mol. The number of nitrogens with one attached hydrogen (secondary N) is 1. The molecule has 1 aromatic rings. The van der Waals surface area contributed by atoms with Crippen molar-refractivity contribution in [2.75, 3.05) is 32.1 Å². The largest absolute Gasteiger partial charge is 0.466 e. The number of carbonyl (C=O) groups excluding carboxylic acids is 2. The van der Waals surface area contributed by atoms with Gasteiger partial charge in [-0.25, -0.2) is 4.39 Å². The summed E-state index contributed by atoms with van der Waals surface area (Å²) in [5.41, 5.74) is -1.90. The van der Waals surface area contributed by atoms with Crippen LogP contribution in [-0.4, -0.2) is 79.8 Å². The summed E-state index contributed by atoms with van der Waals surface area (Å²) in [6.07, 6.45) is -2.87. The summed E-state index contributed by atoms with van der Waals surface area (Å²) in [6, 6.07) is 4.10. The molecule has 7 atom stereocenters. The molecule has 2 spiro atoms. The van der Waals surface area contributed by atoms with Gasteiger partial charge < -0.3 is 33.7 Å². The van der Waals surface area contributed by atoms with Gasteiger partial charge in [0.2, 0.25) is 0 Å². The maximum atomic E-state index is 14.6. The molecule has 5 aliphatic heterocycles. The van der Waals surface area contributed by atoms with Gasteiger partial charge in [-0.3, -0.25) is 14.5 Å². The van der Waals surface area contributed by atoms with Crippen LogP contribution in [0.2, 0.25) is 0 Å². The van der Waals surface area contributed by atoms with E-state index in [-0.39, 0.29) is 19.8 Å². The van der Waals surface area contributed by atoms with Gasteiger partial charge in [-0.2, -0.15) is 0 Å². The number of rotatable bonds is 3. The van der Waals surface area contributed by atoms with Gasteiger partial charge in [0, 0.05) is 17.8 Å². The minimum atomic E-state index is -1.56. The van der Waals surface area contributed by atoms with E-state index in [1.165, 1.54) is 18.2 Å². The van der Waals surface area contributed by atoms with E-state index < -0.39 is 70.7 Å². The van der Waals surface area contributed by atoms with Crippen molar-refractivity contribution < 1.29 is 42.4 Å². The van der Waals surface area contributed by atoms with Gasteiger partial charge in [-0.1, -0.05) is 0 Å². The number of hydrogen-bond donors (Lipinski definition) is 1. The predicted octanol–water partition coefficient (Wildman–Crippen LogP) is 2.11. The van der Waals surface area contributed by atoms with Crippen molar-refractivity contribution in [1.82, 2.24) is 4.90 Å². The van der Waals surface area contributed by atoms with Crippen molar-refractivity contribution in [3.05, 3.63) is 29.6 Å². The molecule has 10 nitrogen and oxygen atoms in total. The third kappa shape index (κ3) is 3.31. The average Bonchev–Trinajstić information content (AvgIpc) is 3.53. The number of halogens is 1. The highest BCUT2D eigenvalue weighted by Gasteiger charge is 2.80. The van der Waals surface area contributed by atoms with Crippen LogP contribution in [0.3, 0.4) is 0 Å². The molecule has 11 heteroatoms. The Hall–Kier alpha value is -2.15. The number of carbonyl (C=O) groups is 2. The van der Waals surface area contributed by atoms with Crippen LogP contribution in [0.4, 0.5) is 10.1 Å². The molecule has 0 bridgehead atoms. The molecule has 5 aliphatic rings. The van der Waals surface area contributed by atoms with Crippen LogP contribution in [0, 0.1) is 17.2 Å². The Morgan fingerprint density at radius 1 is 1.16 bits per heavy atom. The molecule has 0 unspecified atom stereocenters. The van der Waals surface area contributed by atoms with Gasteiger partial charge >= 0.3 is 5.97 Å². The van der Waals surface area contributed by atoms with Gasteiger partial charge in [0.05, 0.1) is 24.7 Å². The van der Waals surface area contributed by atoms with E-state index in [0.29, 0.717) is 11.3 Å². The highest BCUT2D eigenvalue weighted by atomic mass is 19.1. The second kappa shape index (κ2) is 7.93. The molecule has 0 aliphatic carbocycles. The van der Waals surface area contributed by atoms with E-state index in [1.807, 2.05) is 0 Å². The van der Waals surface area contributed by atoms with Crippen LogP contribution < -0.4 is 5.32 Å². The molecule has 1 amide bonds. The van der Waals surface area contributed by atoms with E-state index in [1.54, 1.807) is 46.6 Å². The van der Waals surface area contributed by atoms with E-state index in [0.717, 1.165) is 0 Å². The predicted molar refractivity (Wildman–Crippen MR) is 125 cm³/mol. The lowest BCUT2D eigenvalue weighted by Crippen LogP contribution is -2.59. The molecule has 1 aromatic carbocycles. The summed E-state index contributed by atoms with van der Waals surface area (Å²) in [7, 11) is 1.75. The monoisotopic (exact) mass is 520 g/mol. The molecule has 0 radical (unpaired) electrons. The fourth-order valence-electron chi connectivity index (χ4n) is 7.23. The number of esters is 1. The molecule has 1 N–H and O–H groups in total. The Kier molecular flexibility index (Phi) is 5.39. The lowest BCUT2D eigenvalue weighted by Gasteiger charge is -2.42. The zero-order valence-corrected chi connectivity index (χ0v) is 21.8.